The van der Waals surface area contributed by atoms with Crippen molar-refractivity contribution in [2.45, 2.75) is 25.6 Å². The van der Waals surface area contributed by atoms with Crippen molar-refractivity contribution in [3.05, 3.63) is 34.9 Å². The van der Waals surface area contributed by atoms with Crippen molar-refractivity contribution >= 4 is 28.5 Å². The van der Waals surface area contributed by atoms with Crippen LogP contribution in [0, 0.1) is 0 Å². The second-order valence-corrected chi connectivity index (χ2v) is 5.40. The molecule has 3 nitrogen and oxygen atoms in total. The molecule has 5 heteroatoms. The van der Waals surface area contributed by atoms with Crippen LogP contribution in [0.4, 0.5) is 0 Å². The lowest BCUT2D eigenvalue weighted by Crippen LogP contribution is -2.19. The van der Waals surface area contributed by atoms with Gasteiger partial charge in [0.15, 0.2) is 5.12 Å². The maximum Gasteiger partial charge on any atom is 0.185 e. The van der Waals surface area contributed by atoms with Crippen LogP contribution in [-0.2, 0) is 4.79 Å². The van der Waals surface area contributed by atoms with Gasteiger partial charge in [-0.15, -0.1) is 0 Å². The van der Waals surface area contributed by atoms with Gasteiger partial charge in [-0.3, -0.25) is 4.79 Å². The molecule has 1 aromatic carbocycles. The predicted molar refractivity (Wildman–Crippen MR) is 70.2 cm³/mol. The fraction of sp³-hybridized carbons (Fsp3) is 0.417. The zero-order valence-corrected chi connectivity index (χ0v) is 11.0. The summed E-state index contributed by atoms with van der Waals surface area (Å²) in [6.07, 6.45) is -1.50. The summed E-state index contributed by atoms with van der Waals surface area (Å²) in [5.41, 5.74) is 0.581. The number of hydrogen-bond acceptors (Lipinski definition) is 4. The lowest BCUT2D eigenvalue weighted by Gasteiger charge is -2.17. The molecule has 94 valence electrons. The van der Waals surface area contributed by atoms with Crippen LogP contribution < -0.4 is 0 Å². The largest absolute Gasteiger partial charge is 0.390 e. The van der Waals surface area contributed by atoms with E-state index in [-0.39, 0.29) is 5.12 Å². The molecule has 17 heavy (non-hydrogen) atoms. The van der Waals surface area contributed by atoms with Crippen LogP contribution >= 0.6 is 23.4 Å². The molecule has 0 saturated heterocycles. The molecule has 0 radical (unpaired) electrons. The van der Waals surface area contributed by atoms with Crippen molar-refractivity contribution in [2.24, 2.45) is 0 Å². The van der Waals surface area contributed by atoms with Crippen LogP contribution in [0.3, 0.4) is 0 Å². The minimum atomic E-state index is -0.971. The molecule has 0 spiro atoms. The predicted octanol–water partition coefficient (Wildman–Crippen LogP) is 2.40. The molecule has 2 N–H and O–H groups in total. The zero-order chi connectivity index (χ0) is 12.8. The fourth-order valence-corrected chi connectivity index (χ4v) is 2.24. The zero-order valence-electron chi connectivity index (χ0n) is 9.47. The van der Waals surface area contributed by atoms with E-state index in [0.717, 1.165) is 11.8 Å². The van der Waals surface area contributed by atoms with E-state index in [2.05, 4.69) is 0 Å². The summed E-state index contributed by atoms with van der Waals surface area (Å²) in [6.45, 7) is 1.48. The molecule has 0 heterocycles. The second kappa shape index (κ2) is 7.01. The molecule has 0 aliphatic heterocycles. The van der Waals surface area contributed by atoms with E-state index in [9.17, 15) is 15.0 Å². The van der Waals surface area contributed by atoms with E-state index in [1.807, 2.05) is 0 Å². The molecular formula is C12H15ClO3S. The Morgan fingerprint density at radius 1 is 1.47 bits per heavy atom. The van der Waals surface area contributed by atoms with Crippen LogP contribution in [0.25, 0.3) is 0 Å². The van der Waals surface area contributed by atoms with Crippen molar-refractivity contribution in [3.8, 4) is 0 Å². The molecule has 0 aromatic heterocycles. The molecule has 1 aromatic rings. The van der Waals surface area contributed by atoms with Crippen molar-refractivity contribution < 1.29 is 15.0 Å². The van der Waals surface area contributed by atoms with Crippen LogP contribution in [0.15, 0.2) is 24.3 Å². The summed E-state index contributed by atoms with van der Waals surface area (Å²) in [5, 5.41) is 20.2. The smallest absolute Gasteiger partial charge is 0.185 e. The molecule has 0 aliphatic carbocycles. The number of benzene rings is 1. The first-order valence-corrected chi connectivity index (χ1v) is 6.62. The number of rotatable bonds is 5. The van der Waals surface area contributed by atoms with Gasteiger partial charge in [-0.1, -0.05) is 35.5 Å². The third-order valence-electron chi connectivity index (χ3n) is 2.27. The molecule has 0 fully saturated rings. The number of aliphatic hydroxyl groups excluding tert-OH is 2. The SMILES string of the molecule is CC(=O)SCCC(O)C(O)c1cccc(Cl)c1. The minimum absolute atomic E-state index is 0.00875. The van der Waals surface area contributed by atoms with Crippen molar-refractivity contribution in [1.82, 2.24) is 0 Å². The average molecular weight is 275 g/mol. The van der Waals surface area contributed by atoms with E-state index in [0.29, 0.717) is 22.8 Å². The van der Waals surface area contributed by atoms with Crippen LogP contribution in [0.5, 0.6) is 0 Å². The molecule has 2 unspecified atom stereocenters. The first-order valence-electron chi connectivity index (χ1n) is 5.25. The number of carbonyl (C=O) groups excluding carboxylic acids is 1. The highest BCUT2D eigenvalue weighted by molar-refractivity contribution is 8.13. The first kappa shape index (κ1) is 14.5. The standard InChI is InChI=1S/C12H15ClO3S/c1-8(14)17-6-5-11(15)12(16)9-3-2-4-10(13)7-9/h2-4,7,11-12,15-16H,5-6H2,1H3. The Morgan fingerprint density at radius 3 is 2.76 bits per heavy atom. The van der Waals surface area contributed by atoms with Gasteiger partial charge in [0.05, 0.1) is 6.10 Å². The summed E-state index contributed by atoms with van der Waals surface area (Å²) in [6, 6.07) is 6.75. The summed E-state index contributed by atoms with van der Waals surface area (Å²) in [7, 11) is 0. The van der Waals surface area contributed by atoms with Crippen LogP contribution in [-0.4, -0.2) is 27.2 Å². The maximum atomic E-state index is 10.7. The number of hydrogen-bond donors (Lipinski definition) is 2. The molecule has 0 saturated carbocycles. The van der Waals surface area contributed by atoms with Crippen LogP contribution in [0.1, 0.15) is 25.0 Å². The number of halogens is 1. The summed E-state index contributed by atoms with van der Waals surface area (Å²) in [5.74, 6) is 0.494. The monoisotopic (exact) mass is 274 g/mol. The Kier molecular flexibility index (Phi) is 5.98. The van der Waals surface area contributed by atoms with Crippen molar-refractivity contribution in [1.29, 1.82) is 0 Å². The average Bonchev–Trinajstić information content (AvgIpc) is 2.27. The maximum absolute atomic E-state index is 10.7. The van der Waals surface area contributed by atoms with Crippen molar-refractivity contribution in [2.75, 3.05) is 5.75 Å². The number of thioether (sulfide) groups is 1. The molecule has 0 aliphatic rings. The van der Waals surface area contributed by atoms with E-state index >= 15 is 0 Å². The molecule has 0 bridgehead atoms. The van der Waals surface area contributed by atoms with E-state index in [1.54, 1.807) is 24.3 Å². The summed E-state index contributed by atoms with van der Waals surface area (Å²) in [4.78, 5) is 10.7. The fourth-order valence-electron chi connectivity index (χ4n) is 1.39. The first-order chi connectivity index (χ1) is 8.00. The second-order valence-electron chi connectivity index (χ2n) is 3.70. The third-order valence-corrected chi connectivity index (χ3v) is 3.36. The summed E-state index contributed by atoms with van der Waals surface area (Å²) >= 11 is 6.94. The van der Waals surface area contributed by atoms with Gasteiger partial charge in [0, 0.05) is 17.7 Å². The Morgan fingerprint density at radius 2 is 2.18 bits per heavy atom. The lowest BCUT2D eigenvalue weighted by molar-refractivity contribution is -0.109. The third kappa shape index (κ3) is 5.08. The van der Waals surface area contributed by atoms with Gasteiger partial charge in [0.25, 0.3) is 0 Å². The lowest BCUT2D eigenvalue weighted by atomic mass is 10.0. The highest BCUT2D eigenvalue weighted by atomic mass is 35.5. The Labute approximate surface area is 110 Å². The Bertz CT molecular complexity index is 384. The highest BCUT2D eigenvalue weighted by Crippen LogP contribution is 2.22. The number of aliphatic hydroxyl groups is 2. The van der Waals surface area contributed by atoms with Gasteiger partial charge < -0.3 is 10.2 Å². The molecule has 1 rings (SSSR count). The van der Waals surface area contributed by atoms with Gasteiger partial charge in [0.2, 0.25) is 0 Å². The van der Waals surface area contributed by atoms with Gasteiger partial charge in [-0.2, -0.15) is 0 Å². The quantitative estimate of drug-likeness (QED) is 0.866. The van der Waals surface area contributed by atoms with E-state index < -0.39 is 12.2 Å². The van der Waals surface area contributed by atoms with Crippen LogP contribution in [0.2, 0.25) is 5.02 Å². The van der Waals surface area contributed by atoms with Gasteiger partial charge in [0.1, 0.15) is 6.10 Å². The normalized spacial score (nSPS) is 14.4. The Balaban J connectivity index is 2.51. The van der Waals surface area contributed by atoms with Gasteiger partial charge >= 0.3 is 0 Å². The van der Waals surface area contributed by atoms with E-state index in [4.69, 9.17) is 11.6 Å². The molecular weight excluding hydrogens is 260 g/mol. The van der Waals surface area contributed by atoms with Gasteiger partial charge in [-0.05, 0) is 24.1 Å². The Hall–Kier alpha value is -0.550. The van der Waals surface area contributed by atoms with Gasteiger partial charge in [-0.25, -0.2) is 0 Å². The minimum Gasteiger partial charge on any atom is -0.390 e. The van der Waals surface area contributed by atoms with E-state index in [1.165, 1.54) is 6.92 Å². The summed E-state index contributed by atoms with van der Waals surface area (Å²) < 4.78 is 0. The molecule has 0 amide bonds. The molecule has 2 atom stereocenters. The number of carbonyl (C=O) groups is 1. The topological polar surface area (TPSA) is 57.5 Å². The van der Waals surface area contributed by atoms with Crippen molar-refractivity contribution in [3.63, 3.8) is 0 Å². The highest BCUT2D eigenvalue weighted by Gasteiger charge is 2.18.